The molecule has 0 saturated carbocycles. The number of likely N-dealkylation sites (tertiary alicyclic amines) is 1. The first-order valence-corrected chi connectivity index (χ1v) is 4.49. The Bertz CT molecular complexity index is 345. The molecule has 2 atom stereocenters. The van der Waals surface area contributed by atoms with Crippen LogP contribution in [0.4, 0.5) is 13.6 Å². The zero-order chi connectivity index (χ0) is 13.4. The van der Waals surface area contributed by atoms with Crippen LogP contribution in [0.15, 0.2) is 0 Å². The SMILES string of the molecule is O=C(O)[C@H]1CC(F)(F)CN(C(=O)O)[C@@H]1C(=O)O. The van der Waals surface area contributed by atoms with Gasteiger partial charge in [0, 0.05) is 6.42 Å². The van der Waals surface area contributed by atoms with Crippen LogP contribution < -0.4 is 0 Å². The van der Waals surface area contributed by atoms with Gasteiger partial charge in [0.25, 0.3) is 5.92 Å². The van der Waals surface area contributed by atoms with Gasteiger partial charge in [-0.1, -0.05) is 0 Å². The number of hydrogen-bond donors (Lipinski definition) is 3. The van der Waals surface area contributed by atoms with Crippen molar-refractivity contribution in [3.63, 3.8) is 0 Å². The van der Waals surface area contributed by atoms with Crippen LogP contribution in [0, 0.1) is 5.92 Å². The lowest BCUT2D eigenvalue weighted by Crippen LogP contribution is -2.60. The van der Waals surface area contributed by atoms with Crippen LogP contribution in [-0.4, -0.2) is 56.8 Å². The molecule has 3 N–H and O–H groups in total. The molecular weight excluding hydrogens is 244 g/mol. The van der Waals surface area contributed by atoms with Crippen LogP contribution >= 0.6 is 0 Å². The van der Waals surface area contributed by atoms with E-state index in [0.717, 1.165) is 0 Å². The number of carboxylic acids is 2. The standard InChI is InChI=1S/C8H9F2NO6/c9-8(10)1-3(5(12)13)4(6(14)15)11(2-8)7(16)17/h3-4H,1-2H2,(H,12,13)(H,14,15)(H,16,17)/t3-,4-/m0/s1. The molecule has 0 aromatic heterocycles. The van der Waals surface area contributed by atoms with Gasteiger partial charge in [-0.05, 0) is 0 Å². The fraction of sp³-hybridized carbons (Fsp3) is 0.625. The minimum Gasteiger partial charge on any atom is -0.481 e. The lowest BCUT2D eigenvalue weighted by atomic mass is 9.87. The van der Waals surface area contributed by atoms with Crippen molar-refractivity contribution in [3.05, 3.63) is 0 Å². The predicted octanol–water partition coefficient (Wildman–Crippen LogP) is 0.159. The lowest BCUT2D eigenvalue weighted by molar-refractivity contribution is -0.169. The van der Waals surface area contributed by atoms with Gasteiger partial charge in [0.1, 0.15) is 6.04 Å². The van der Waals surface area contributed by atoms with E-state index in [2.05, 4.69) is 0 Å². The van der Waals surface area contributed by atoms with E-state index in [1.807, 2.05) is 0 Å². The van der Waals surface area contributed by atoms with E-state index in [0.29, 0.717) is 0 Å². The number of halogens is 2. The molecular formula is C8H9F2NO6. The highest BCUT2D eigenvalue weighted by atomic mass is 19.3. The number of alkyl halides is 2. The molecule has 1 saturated heterocycles. The van der Waals surface area contributed by atoms with E-state index in [1.165, 1.54) is 0 Å². The van der Waals surface area contributed by atoms with Gasteiger partial charge < -0.3 is 15.3 Å². The summed E-state index contributed by atoms with van der Waals surface area (Å²) in [6.45, 7) is -1.32. The van der Waals surface area contributed by atoms with Gasteiger partial charge in [0.05, 0.1) is 12.5 Å². The quantitative estimate of drug-likeness (QED) is 0.645. The van der Waals surface area contributed by atoms with Crippen molar-refractivity contribution in [2.45, 2.75) is 18.4 Å². The third-order valence-electron chi connectivity index (χ3n) is 2.45. The topological polar surface area (TPSA) is 115 Å². The van der Waals surface area contributed by atoms with Crippen molar-refractivity contribution in [3.8, 4) is 0 Å². The number of carbonyl (C=O) groups is 3. The van der Waals surface area contributed by atoms with Gasteiger partial charge in [-0.15, -0.1) is 0 Å². The second-order valence-corrected chi connectivity index (χ2v) is 3.70. The van der Waals surface area contributed by atoms with Gasteiger partial charge >= 0.3 is 18.0 Å². The molecule has 1 amide bonds. The van der Waals surface area contributed by atoms with E-state index >= 15 is 0 Å². The fourth-order valence-electron chi connectivity index (χ4n) is 1.78. The molecule has 1 fully saturated rings. The maximum absolute atomic E-state index is 13.1. The number of aliphatic carboxylic acids is 2. The van der Waals surface area contributed by atoms with E-state index in [4.69, 9.17) is 15.3 Å². The highest BCUT2D eigenvalue weighted by Gasteiger charge is 2.53. The highest BCUT2D eigenvalue weighted by molar-refractivity contribution is 5.86. The third-order valence-corrected chi connectivity index (χ3v) is 2.45. The average Bonchev–Trinajstić information content (AvgIpc) is 2.14. The first-order valence-electron chi connectivity index (χ1n) is 4.49. The minimum atomic E-state index is -3.55. The second kappa shape index (κ2) is 4.15. The molecule has 96 valence electrons. The first kappa shape index (κ1) is 13.1. The number of nitrogens with zero attached hydrogens (tertiary/aromatic N) is 1. The van der Waals surface area contributed by atoms with Gasteiger partial charge in [-0.3, -0.25) is 9.69 Å². The minimum absolute atomic E-state index is 0.0510. The molecule has 7 nitrogen and oxygen atoms in total. The summed E-state index contributed by atoms with van der Waals surface area (Å²) < 4.78 is 26.2. The Hall–Kier alpha value is -1.93. The number of rotatable bonds is 2. The van der Waals surface area contributed by atoms with Crippen LogP contribution in [0.1, 0.15) is 6.42 Å². The van der Waals surface area contributed by atoms with Crippen molar-refractivity contribution >= 4 is 18.0 Å². The molecule has 1 rings (SSSR count). The average molecular weight is 253 g/mol. The summed E-state index contributed by atoms with van der Waals surface area (Å²) in [5.74, 6) is -9.03. The summed E-state index contributed by atoms with van der Waals surface area (Å²) in [6, 6.07) is -2.00. The zero-order valence-corrected chi connectivity index (χ0v) is 8.34. The molecule has 17 heavy (non-hydrogen) atoms. The van der Waals surface area contributed by atoms with Gasteiger partial charge in [0.15, 0.2) is 0 Å². The van der Waals surface area contributed by atoms with Gasteiger partial charge in [-0.2, -0.15) is 0 Å². The van der Waals surface area contributed by atoms with Gasteiger partial charge in [-0.25, -0.2) is 18.4 Å². The van der Waals surface area contributed by atoms with Crippen molar-refractivity contribution in [1.82, 2.24) is 4.90 Å². The molecule has 0 unspecified atom stereocenters. The van der Waals surface area contributed by atoms with Crippen molar-refractivity contribution in [1.29, 1.82) is 0 Å². The number of piperidine rings is 1. The van der Waals surface area contributed by atoms with Crippen LogP contribution in [0.2, 0.25) is 0 Å². The molecule has 0 spiro atoms. The summed E-state index contributed by atoms with van der Waals surface area (Å²) in [5, 5.41) is 26.0. The van der Waals surface area contributed by atoms with Crippen molar-refractivity contribution < 1.29 is 38.5 Å². The van der Waals surface area contributed by atoms with Gasteiger partial charge in [0.2, 0.25) is 0 Å². The van der Waals surface area contributed by atoms with Crippen LogP contribution in [0.3, 0.4) is 0 Å². The summed E-state index contributed by atoms with van der Waals surface area (Å²) in [7, 11) is 0. The molecule has 1 aliphatic heterocycles. The smallest absolute Gasteiger partial charge is 0.408 e. The zero-order valence-electron chi connectivity index (χ0n) is 8.34. The maximum Gasteiger partial charge on any atom is 0.408 e. The maximum atomic E-state index is 13.1. The van der Waals surface area contributed by atoms with E-state index in [9.17, 15) is 23.2 Å². The second-order valence-electron chi connectivity index (χ2n) is 3.70. The predicted molar refractivity (Wildman–Crippen MR) is 46.8 cm³/mol. The Morgan fingerprint density at radius 1 is 1.12 bits per heavy atom. The molecule has 0 aromatic rings. The fourth-order valence-corrected chi connectivity index (χ4v) is 1.78. The molecule has 0 radical (unpaired) electrons. The van der Waals surface area contributed by atoms with E-state index < -0.39 is 48.9 Å². The Balaban J connectivity index is 3.14. The third kappa shape index (κ3) is 2.60. The first-order chi connectivity index (χ1) is 7.65. The summed E-state index contributed by atoms with van der Waals surface area (Å²) >= 11 is 0. The summed E-state index contributed by atoms with van der Waals surface area (Å²) in [5.41, 5.74) is 0. The van der Waals surface area contributed by atoms with Crippen molar-refractivity contribution in [2.24, 2.45) is 5.92 Å². The largest absolute Gasteiger partial charge is 0.481 e. The summed E-state index contributed by atoms with van der Waals surface area (Å²) in [6.07, 6.45) is -3.08. The lowest BCUT2D eigenvalue weighted by Gasteiger charge is -2.38. The molecule has 1 heterocycles. The highest BCUT2D eigenvalue weighted by Crippen LogP contribution is 2.34. The normalized spacial score (nSPS) is 27.5. The van der Waals surface area contributed by atoms with Crippen LogP contribution in [-0.2, 0) is 9.59 Å². The Labute approximate surface area is 93.2 Å². The Kier molecular flexibility index (Phi) is 3.21. The van der Waals surface area contributed by atoms with Crippen LogP contribution in [0.25, 0.3) is 0 Å². The molecule has 0 bridgehead atoms. The van der Waals surface area contributed by atoms with E-state index in [-0.39, 0.29) is 4.90 Å². The molecule has 0 aromatic carbocycles. The molecule has 1 aliphatic rings. The molecule has 0 aliphatic carbocycles. The Morgan fingerprint density at radius 2 is 1.65 bits per heavy atom. The number of amides is 1. The summed E-state index contributed by atoms with van der Waals surface area (Å²) in [4.78, 5) is 32.1. The van der Waals surface area contributed by atoms with Crippen LogP contribution in [0.5, 0.6) is 0 Å². The van der Waals surface area contributed by atoms with Crippen molar-refractivity contribution in [2.75, 3.05) is 6.54 Å². The number of hydrogen-bond acceptors (Lipinski definition) is 3. The number of carboxylic acid groups (broad SMARTS) is 3. The molecule has 9 heteroatoms. The monoisotopic (exact) mass is 253 g/mol. The Morgan fingerprint density at radius 3 is 2.00 bits per heavy atom. The van der Waals surface area contributed by atoms with E-state index in [1.54, 1.807) is 0 Å².